The van der Waals surface area contributed by atoms with Crippen molar-refractivity contribution in [3.8, 4) is 0 Å². The van der Waals surface area contributed by atoms with Gasteiger partial charge in [-0.25, -0.2) is 9.59 Å². The predicted octanol–water partition coefficient (Wildman–Crippen LogP) is 3.45. The van der Waals surface area contributed by atoms with E-state index < -0.39 is 29.3 Å². The number of hydrogen-bond donors (Lipinski definition) is 3. The maximum atomic E-state index is 13.6. The fraction of sp³-hybridized carbons (Fsp3) is 0.450. The molecule has 3 N–H and O–H groups in total. The Labute approximate surface area is 179 Å². The van der Waals surface area contributed by atoms with Crippen LogP contribution in [-0.4, -0.2) is 47.7 Å². The number of piperidine rings is 1. The number of hydrogen-bond acceptors (Lipinski definition) is 4. The average molecular weight is 443 g/mol. The Balaban J connectivity index is 2.52. The minimum Gasteiger partial charge on any atom is -0.478 e. The van der Waals surface area contributed by atoms with E-state index >= 15 is 0 Å². The number of carbonyl (C=O) groups excluding carboxylic acids is 1. The first-order chi connectivity index (χ1) is 13.8. The highest BCUT2D eigenvalue weighted by Gasteiger charge is 2.38. The van der Waals surface area contributed by atoms with Crippen molar-refractivity contribution < 1.29 is 24.6 Å². The monoisotopic (exact) mass is 442 g/mol. The maximum absolute atomic E-state index is 13.6. The van der Waals surface area contributed by atoms with Crippen molar-refractivity contribution >= 4 is 46.7 Å². The molecule has 1 amide bonds. The highest BCUT2D eigenvalue weighted by Crippen LogP contribution is 2.34. The van der Waals surface area contributed by atoms with Crippen molar-refractivity contribution in [1.82, 2.24) is 5.32 Å². The van der Waals surface area contributed by atoms with Crippen LogP contribution in [0.5, 0.6) is 0 Å². The molecule has 9 heteroatoms. The van der Waals surface area contributed by atoms with Crippen LogP contribution in [0.1, 0.15) is 26.2 Å². The summed E-state index contributed by atoms with van der Waals surface area (Å²) in [5.41, 5.74) is 0.0841. The summed E-state index contributed by atoms with van der Waals surface area (Å²) in [7, 11) is 0. The number of carbonyl (C=O) groups is 3. The SMILES string of the molecule is CCCN(C(=O)C(/C(=C\C(=O)O)C(=O)O)C1CCNCC1)c1ccc(Cl)c(Cl)c1. The van der Waals surface area contributed by atoms with E-state index in [1.165, 1.54) is 4.90 Å². The topological polar surface area (TPSA) is 107 Å². The van der Waals surface area contributed by atoms with Crippen LogP contribution in [0.2, 0.25) is 10.0 Å². The van der Waals surface area contributed by atoms with Crippen molar-refractivity contribution in [2.75, 3.05) is 24.5 Å². The van der Waals surface area contributed by atoms with Gasteiger partial charge in [0.2, 0.25) is 5.91 Å². The van der Waals surface area contributed by atoms with Crippen molar-refractivity contribution in [1.29, 1.82) is 0 Å². The lowest BCUT2D eigenvalue weighted by atomic mass is 9.78. The van der Waals surface area contributed by atoms with Gasteiger partial charge in [-0.15, -0.1) is 0 Å². The van der Waals surface area contributed by atoms with Gasteiger partial charge in [-0.05, 0) is 56.5 Å². The molecule has 0 aromatic heterocycles. The molecule has 0 radical (unpaired) electrons. The number of rotatable bonds is 8. The van der Waals surface area contributed by atoms with E-state index in [4.69, 9.17) is 23.2 Å². The zero-order valence-corrected chi connectivity index (χ0v) is 17.5. The molecule has 1 heterocycles. The van der Waals surface area contributed by atoms with Gasteiger partial charge in [0.05, 0.1) is 21.5 Å². The first-order valence-electron chi connectivity index (χ1n) is 9.41. The van der Waals surface area contributed by atoms with E-state index in [1.807, 2.05) is 6.92 Å². The van der Waals surface area contributed by atoms with Gasteiger partial charge in [0, 0.05) is 18.3 Å². The number of aliphatic carboxylic acids is 2. The summed E-state index contributed by atoms with van der Waals surface area (Å²) in [6.45, 7) is 3.49. The molecule has 0 saturated carbocycles. The van der Waals surface area contributed by atoms with Gasteiger partial charge in [0.25, 0.3) is 0 Å². The summed E-state index contributed by atoms with van der Waals surface area (Å²) >= 11 is 12.1. The van der Waals surface area contributed by atoms with Gasteiger partial charge in [-0.3, -0.25) is 4.79 Å². The molecule has 0 aliphatic carbocycles. The van der Waals surface area contributed by atoms with Crippen LogP contribution in [0.4, 0.5) is 5.69 Å². The summed E-state index contributed by atoms with van der Waals surface area (Å²) < 4.78 is 0. The normalized spacial score (nSPS) is 16.3. The third-order valence-corrected chi connectivity index (χ3v) is 5.65. The highest BCUT2D eigenvalue weighted by atomic mass is 35.5. The fourth-order valence-corrected chi connectivity index (χ4v) is 3.89. The molecule has 7 nitrogen and oxygen atoms in total. The van der Waals surface area contributed by atoms with E-state index in [9.17, 15) is 24.6 Å². The fourth-order valence-electron chi connectivity index (χ4n) is 3.59. The second-order valence-corrected chi connectivity index (χ2v) is 7.71. The number of benzene rings is 1. The van der Waals surface area contributed by atoms with Crippen LogP contribution in [-0.2, 0) is 14.4 Å². The van der Waals surface area contributed by atoms with Crippen LogP contribution in [0.25, 0.3) is 0 Å². The standard InChI is InChI=1S/C20H24Cl2N2O5/c1-2-9-24(13-3-4-15(21)16(22)10-13)19(27)18(12-5-7-23-8-6-12)14(20(28)29)11-17(25)26/h3-4,10-12,18,23H,2,5-9H2,1H3,(H,25,26)(H,28,29)/b14-11+. The van der Waals surface area contributed by atoms with Crippen molar-refractivity contribution in [2.24, 2.45) is 11.8 Å². The van der Waals surface area contributed by atoms with E-state index in [-0.39, 0.29) is 10.9 Å². The molecule has 1 aromatic rings. The summed E-state index contributed by atoms with van der Waals surface area (Å²) in [6, 6.07) is 4.76. The van der Waals surface area contributed by atoms with Crippen molar-refractivity contribution in [3.05, 3.63) is 39.9 Å². The Morgan fingerprint density at radius 2 is 1.86 bits per heavy atom. The smallest absolute Gasteiger partial charge is 0.332 e. The third-order valence-electron chi connectivity index (χ3n) is 4.91. The Morgan fingerprint density at radius 3 is 2.38 bits per heavy atom. The van der Waals surface area contributed by atoms with E-state index in [1.54, 1.807) is 18.2 Å². The molecule has 0 bridgehead atoms. The molecule has 0 spiro atoms. The van der Waals surface area contributed by atoms with Crippen LogP contribution in [0, 0.1) is 11.8 Å². The van der Waals surface area contributed by atoms with Gasteiger partial charge in [0.15, 0.2) is 0 Å². The highest BCUT2D eigenvalue weighted by molar-refractivity contribution is 6.42. The molecule has 1 unspecified atom stereocenters. The third kappa shape index (κ3) is 5.95. The number of amides is 1. The number of anilines is 1. The van der Waals surface area contributed by atoms with Crippen LogP contribution in [0.15, 0.2) is 29.8 Å². The van der Waals surface area contributed by atoms with Crippen LogP contribution >= 0.6 is 23.2 Å². The molecule has 1 aliphatic heterocycles. The van der Waals surface area contributed by atoms with Crippen LogP contribution in [0.3, 0.4) is 0 Å². The van der Waals surface area contributed by atoms with Crippen molar-refractivity contribution in [3.63, 3.8) is 0 Å². The maximum Gasteiger partial charge on any atom is 0.332 e. The molecule has 1 saturated heterocycles. The second-order valence-electron chi connectivity index (χ2n) is 6.90. The van der Waals surface area contributed by atoms with Crippen molar-refractivity contribution in [2.45, 2.75) is 26.2 Å². The zero-order chi connectivity index (χ0) is 21.6. The summed E-state index contributed by atoms with van der Waals surface area (Å²) in [6.07, 6.45) is 2.39. The molecule has 29 heavy (non-hydrogen) atoms. The van der Waals surface area contributed by atoms with Crippen LogP contribution < -0.4 is 10.2 Å². The molecular formula is C20H24Cl2N2O5. The Morgan fingerprint density at radius 1 is 1.21 bits per heavy atom. The number of halogens is 2. The second kappa shape index (κ2) is 10.6. The molecule has 2 rings (SSSR count). The molecular weight excluding hydrogens is 419 g/mol. The van der Waals surface area contributed by atoms with E-state index in [0.29, 0.717) is 55.7 Å². The number of carboxylic acid groups (broad SMARTS) is 2. The van der Waals surface area contributed by atoms with Gasteiger partial charge in [-0.2, -0.15) is 0 Å². The Bertz CT molecular complexity index is 806. The summed E-state index contributed by atoms with van der Waals surface area (Å²) in [5, 5.41) is 22.6. The molecule has 1 fully saturated rings. The lowest BCUT2D eigenvalue weighted by molar-refractivity contribution is -0.137. The summed E-state index contributed by atoms with van der Waals surface area (Å²) in [4.78, 5) is 38.2. The Hall–Kier alpha value is -2.09. The number of nitrogens with one attached hydrogen (secondary N) is 1. The number of carboxylic acids is 2. The Kier molecular flexibility index (Phi) is 8.49. The largest absolute Gasteiger partial charge is 0.478 e. The van der Waals surface area contributed by atoms with E-state index in [2.05, 4.69) is 5.32 Å². The minimum atomic E-state index is -1.41. The molecule has 1 atom stereocenters. The number of nitrogens with zero attached hydrogens (tertiary/aromatic N) is 1. The minimum absolute atomic E-state index is 0.274. The molecule has 1 aliphatic rings. The molecule has 1 aromatic carbocycles. The average Bonchev–Trinajstić information content (AvgIpc) is 2.68. The quantitative estimate of drug-likeness (QED) is 0.532. The molecule has 158 valence electrons. The summed E-state index contributed by atoms with van der Waals surface area (Å²) in [5.74, 6) is -4.62. The first-order valence-corrected chi connectivity index (χ1v) is 10.2. The lowest BCUT2D eigenvalue weighted by Crippen LogP contribution is -2.44. The zero-order valence-electron chi connectivity index (χ0n) is 16.0. The van der Waals surface area contributed by atoms with E-state index in [0.717, 1.165) is 0 Å². The lowest BCUT2D eigenvalue weighted by Gasteiger charge is -2.34. The van der Waals surface area contributed by atoms with Gasteiger partial charge >= 0.3 is 11.9 Å². The van der Waals surface area contributed by atoms with Gasteiger partial charge in [0.1, 0.15) is 0 Å². The van der Waals surface area contributed by atoms with Gasteiger partial charge in [-0.1, -0.05) is 30.1 Å². The predicted molar refractivity (Wildman–Crippen MR) is 112 cm³/mol. The van der Waals surface area contributed by atoms with Gasteiger partial charge < -0.3 is 20.4 Å². The first kappa shape index (κ1) is 23.2.